The van der Waals surface area contributed by atoms with Gasteiger partial charge in [0.05, 0.1) is 21.4 Å². The lowest BCUT2D eigenvalue weighted by atomic mass is 10.2. The molecule has 28 heavy (non-hydrogen) atoms. The van der Waals surface area contributed by atoms with Gasteiger partial charge in [-0.2, -0.15) is 18.2 Å². The summed E-state index contributed by atoms with van der Waals surface area (Å²) in [4.78, 5) is 16.6. The van der Waals surface area contributed by atoms with Crippen molar-refractivity contribution in [3.8, 4) is 0 Å². The molecule has 0 saturated heterocycles. The van der Waals surface area contributed by atoms with Crippen molar-refractivity contribution < 1.29 is 27.6 Å². The van der Waals surface area contributed by atoms with E-state index in [-0.39, 0.29) is 18.1 Å². The van der Waals surface area contributed by atoms with Crippen LogP contribution >= 0.6 is 22.9 Å². The van der Waals surface area contributed by atoms with E-state index in [1.54, 1.807) is 6.07 Å². The number of amides is 1. The number of hydrogen-bond donors (Lipinski definition) is 2. The first kappa shape index (κ1) is 20.3. The minimum absolute atomic E-state index is 0.0420. The molecule has 0 unspecified atom stereocenters. The zero-order valence-corrected chi connectivity index (χ0v) is 15.6. The van der Waals surface area contributed by atoms with E-state index >= 15 is 0 Å². The molecule has 11 heteroatoms. The first-order valence-corrected chi connectivity index (χ1v) is 9.14. The van der Waals surface area contributed by atoms with Crippen LogP contribution < -0.4 is 5.32 Å². The molecule has 1 aliphatic rings. The summed E-state index contributed by atoms with van der Waals surface area (Å²) in [5.41, 5.74) is -0.434. The van der Waals surface area contributed by atoms with Crippen LogP contribution in [0.5, 0.6) is 0 Å². The minimum Gasteiger partial charge on any atom is -0.394 e. The van der Waals surface area contributed by atoms with Crippen LogP contribution in [-0.4, -0.2) is 33.9 Å². The number of alkyl halides is 3. The molecule has 2 N–H and O–H groups in total. The topological polar surface area (TPSA) is 88.2 Å². The Balaban J connectivity index is 1.74. The first-order chi connectivity index (χ1) is 13.3. The van der Waals surface area contributed by atoms with E-state index in [0.29, 0.717) is 14.8 Å². The molecule has 2 heterocycles. The highest BCUT2D eigenvalue weighted by Crippen LogP contribution is 2.30. The van der Waals surface area contributed by atoms with E-state index < -0.39 is 30.3 Å². The third-order valence-corrected chi connectivity index (χ3v) is 4.96. The molecular formula is C17H13ClF3N3O3S. The molecule has 1 aliphatic carbocycles. The summed E-state index contributed by atoms with van der Waals surface area (Å²) in [7, 11) is 0. The largest absolute Gasteiger partial charge is 0.416 e. The third-order valence-electron chi connectivity index (χ3n) is 3.73. The van der Waals surface area contributed by atoms with Crippen LogP contribution in [0.2, 0.25) is 4.34 Å². The van der Waals surface area contributed by atoms with Gasteiger partial charge in [0.1, 0.15) is 6.04 Å². The molecular weight excluding hydrogens is 419 g/mol. The van der Waals surface area contributed by atoms with Gasteiger partial charge in [0.2, 0.25) is 5.82 Å². The molecule has 1 atom stereocenters. The van der Waals surface area contributed by atoms with Gasteiger partial charge in [0.15, 0.2) is 0 Å². The maximum absolute atomic E-state index is 12.8. The molecule has 0 aromatic carbocycles. The summed E-state index contributed by atoms with van der Waals surface area (Å²) in [6, 6.07) is 2.12. The lowest BCUT2D eigenvalue weighted by molar-refractivity contribution is -0.0883. The van der Waals surface area contributed by atoms with Gasteiger partial charge in [0, 0.05) is 5.57 Å². The van der Waals surface area contributed by atoms with E-state index in [2.05, 4.69) is 15.5 Å². The Morgan fingerprint density at radius 1 is 1.36 bits per heavy atom. The maximum Gasteiger partial charge on any atom is 0.416 e. The second-order valence-electron chi connectivity index (χ2n) is 5.65. The van der Waals surface area contributed by atoms with E-state index in [0.717, 1.165) is 23.5 Å². The predicted octanol–water partition coefficient (Wildman–Crippen LogP) is 4.08. The fraction of sp³-hybridized carbons (Fsp3) is 0.235. The van der Waals surface area contributed by atoms with Crippen LogP contribution in [0.4, 0.5) is 13.2 Å². The molecule has 6 nitrogen and oxygen atoms in total. The Morgan fingerprint density at radius 2 is 2.14 bits per heavy atom. The summed E-state index contributed by atoms with van der Waals surface area (Å²) in [5, 5.41) is 15.8. The van der Waals surface area contributed by atoms with Gasteiger partial charge in [-0.05, 0) is 24.6 Å². The molecule has 0 fully saturated rings. The van der Waals surface area contributed by atoms with E-state index in [1.165, 1.54) is 18.2 Å². The third kappa shape index (κ3) is 4.70. The van der Waals surface area contributed by atoms with Crippen molar-refractivity contribution >= 4 is 34.4 Å². The van der Waals surface area contributed by atoms with E-state index in [4.69, 9.17) is 16.1 Å². The van der Waals surface area contributed by atoms with Crippen molar-refractivity contribution in [1.29, 1.82) is 0 Å². The van der Waals surface area contributed by atoms with Crippen molar-refractivity contribution in [1.82, 2.24) is 15.5 Å². The summed E-state index contributed by atoms with van der Waals surface area (Å²) < 4.78 is 43.9. The Kier molecular flexibility index (Phi) is 6.01. The fourth-order valence-electron chi connectivity index (χ4n) is 2.35. The number of thiophene rings is 1. The second kappa shape index (κ2) is 8.29. The minimum atomic E-state index is -4.45. The zero-order valence-electron chi connectivity index (χ0n) is 14.0. The molecule has 2 aromatic rings. The highest BCUT2D eigenvalue weighted by Gasteiger charge is 2.32. The standard InChI is InChI=1S/C17H13ClF3N3O3S/c18-13-7-6-12(28-13)15(26)22-11(8-25)16-23-14(24-27-16)9-2-1-3-10(5-4-9)17(19,20)21/h2-7,11,25H,1,8H2,(H,22,26)/t11-/m0/s1. The van der Waals surface area contributed by atoms with Gasteiger partial charge in [-0.1, -0.05) is 35.0 Å². The number of carbonyl (C=O) groups excluding carboxylic acids is 1. The average Bonchev–Trinajstić information content (AvgIpc) is 3.21. The van der Waals surface area contributed by atoms with Crippen LogP contribution in [0.25, 0.3) is 5.57 Å². The molecule has 0 bridgehead atoms. The van der Waals surface area contributed by atoms with Crippen LogP contribution in [0, 0.1) is 0 Å². The van der Waals surface area contributed by atoms with Crippen molar-refractivity contribution in [2.24, 2.45) is 0 Å². The SMILES string of the molecule is O=C(N[C@@H](CO)c1nc(C2=CCC=C(C(F)(F)F)C=C2)no1)c1ccc(Cl)s1. The quantitative estimate of drug-likeness (QED) is 0.744. The summed E-state index contributed by atoms with van der Waals surface area (Å²) >= 11 is 6.86. The van der Waals surface area contributed by atoms with Gasteiger partial charge >= 0.3 is 6.18 Å². The highest BCUT2D eigenvalue weighted by atomic mass is 35.5. The van der Waals surface area contributed by atoms with Gasteiger partial charge in [-0.15, -0.1) is 11.3 Å². The van der Waals surface area contributed by atoms with Crippen LogP contribution in [0.3, 0.4) is 0 Å². The number of nitrogens with one attached hydrogen (secondary N) is 1. The van der Waals surface area contributed by atoms with Crippen LogP contribution in [0.15, 0.2) is 46.5 Å². The summed E-state index contributed by atoms with van der Waals surface area (Å²) in [5.74, 6) is -0.505. The number of aromatic nitrogens is 2. The Morgan fingerprint density at radius 3 is 2.79 bits per heavy atom. The number of nitrogens with zero attached hydrogens (tertiary/aromatic N) is 2. The Hall–Kier alpha value is -2.43. The molecule has 0 aliphatic heterocycles. The number of carbonyl (C=O) groups is 1. The molecule has 2 aromatic heterocycles. The summed E-state index contributed by atoms with van der Waals surface area (Å²) in [6.07, 6.45) is 0.332. The van der Waals surface area contributed by atoms with Gasteiger partial charge in [-0.25, -0.2) is 0 Å². The number of rotatable bonds is 5. The van der Waals surface area contributed by atoms with Crippen LogP contribution in [-0.2, 0) is 0 Å². The molecule has 1 amide bonds. The lowest BCUT2D eigenvalue weighted by Crippen LogP contribution is -2.30. The van der Waals surface area contributed by atoms with Crippen molar-refractivity contribution in [2.75, 3.05) is 6.61 Å². The normalized spacial score (nSPS) is 15.6. The number of allylic oxidation sites excluding steroid dienone is 6. The lowest BCUT2D eigenvalue weighted by Gasteiger charge is -2.10. The molecule has 0 saturated carbocycles. The monoisotopic (exact) mass is 431 g/mol. The zero-order chi connectivity index (χ0) is 20.3. The van der Waals surface area contributed by atoms with Crippen molar-refractivity contribution in [3.05, 3.63) is 62.9 Å². The van der Waals surface area contributed by atoms with Gasteiger partial charge in [-0.3, -0.25) is 4.79 Å². The maximum atomic E-state index is 12.8. The smallest absolute Gasteiger partial charge is 0.394 e. The predicted molar refractivity (Wildman–Crippen MR) is 96.8 cm³/mol. The van der Waals surface area contributed by atoms with E-state index in [9.17, 15) is 23.1 Å². The Labute approximate surface area is 166 Å². The number of hydrogen-bond acceptors (Lipinski definition) is 6. The Bertz CT molecular complexity index is 962. The first-order valence-electron chi connectivity index (χ1n) is 7.94. The fourth-order valence-corrected chi connectivity index (χ4v) is 3.30. The van der Waals surface area contributed by atoms with Crippen LogP contribution in [0.1, 0.15) is 33.8 Å². The van der Waals surface area contributed by atoms with Gasteiger partial charge < -0.3 is 14.9 Å². The number of aliphatic hydroxyl groups is 1. The molecule has 0 radical (unpaired) electrons. The number of aliphatic hydroxyl groups excluding tert-OH is 1. The second-order valence-corrected chi connectivity index (χ2v) is 7.37. The number of halogens is 4. The summed E-state index contributed by atoms with van der Waals surface area (Å²) in [6.45, 7) is -0.513. The van der Waals surface area contributed by atoms with Crippen molar-refractivity contribution in [2.45, 2.75) is 18.6 Å². The molecule has 3 rings (SSSR count). The van der Waals surface area contributed by atoms with Gasteiger partial charge in [0.25, 0.3) is 11.8 Å². The highest BCUT2D eigenvalue weighted by molar-refractivity contribution is 7.18. The molecule has 148 valence electrons. The molecule has 0 spiro atoms. The average molecular weight is 432 g/mol. The van der Waals surface area contributed by atoms with E-state index in [1.807, 2.05) is 0 Å². The van der Waals surface area contributed by atoms with Crippen molar-refractivity contribution in [3.63, 3.8) is 0 Å².